The second-order valence-electron chi connectivity index (χ2n) is 8.17. The molecule has 0 aliphatic carbocycles. The Kier molecular flexibility index (Phi) is 9.93. The second kappa shape index (κ2) is 12.2. The van der Waals surface area contributed by atoms with E-state index >= 15 is 0 Å². The molecule has 1 aliphatic rings. The van der Waals surface area contributed by atoms with Crippen molar-refractivity contribution in [3.63, 3.8) is 0 Å². The maximum absolute atomic E-state index is 13.2. The monoisotopic (exact) mass is 485 g/mol. The maximum Gasteiger partial charge on any atom is 0.320 e. The Bertz CT molecular complexity index is 913. The van der Waals surface area contributed by atoms with Crippen LogP contribution in [0.1, 0.15) is 20.8 Å². The molecule has 0 aromatic heterocycles. The number of amides is 1. The fourth-order valence-electron chi connectivity index (χ4n) is 3.68. The SMILES string of the molecule is CCOC(=O)CN(CC(=O)N1CCN(S(=O)(=O)c2cc(OC)ccc2OC)CC1)CC(C)C. The molecule has 1 heterocycles. The number of nitrogens with zero attached hydrogens (tertiary/aromatic N) is 3. The Labute approximate surface area is 196 Å². The van der Waals surface area contributed by atoms with Gasteiger partial charge in [-0.3, -0.25) is 14.5 Å². The molecule has 0 unspecified atom stereocenters. The van der Waals surface area contributed by atoms with E-state index in [4.69, 9.17) is 14.2 Å². The van der Waals surface area contributed by atoms with Gasteiger partial charge in [-0.25, -0.2) is 8.42 Å². The van der Waals surface area contributed by atoms with Crippen molar-refractivity contribution in [2.24, 2.45) is 5.92 Å². The third kappa shape index (κ3) is 7.31. The van der Waals surface area contributed by atoms with Crippen molar-refractivity contribution in [1.29, 1.82) is 0 Å². The van der Waals surface area contributed by atoms with Crippen molar-refractivity contribution in [3.8, 4) is 11.5 Å². The first-order valence-corrected chi connectivity index (χ1v) is 12.4. The van der Waals surface area contributed by atoms with E-state index in [2.05, 4.69) is 0 Å². The van der Waals surface area contributed by atoms with Crippen molar-refractivity contribution >= 4 is 21.9 Å². The van der Waals surface area contributed by atoms with E-state index in [1.807, 2.05) is 13.8 Å². The van der Waals surface area contributed by atoms with Gasteiger partial charge in [0.25, 0.3) is 0 Å². The third-order valence-electron chi connectivity index (χ3n) is 5.22. The van der Waals surface area contributed by atoms with Gasteiger partial charge in [0.05, 0.1) is 33.9 Å². The first-order valence-electron chi connectivity index (χ1n) is 11.0. The van der Waals surface area contributed by atoms with Crippen LogP contribution in [-0.2, 0) is 24.3 Å². The molecule has 0 atom stereocenters. The Morgan fingerprint density at radius 2 is 1.73 bits per heavy atom. The number of rotatable bonds is 11. The molecule has 11 heteroatoms. The van der Waals surface area contributed by atoms with E-state index in [1.54, 1.807) is 28.9 Å². The van der Waals surface area contributed by atoms with Gasteiger partial charge in [0, 0.05) is 38.8 Å². The standard InChI is InChI=1S/C22H35N3O7S/c1-6-32-22(27)16-23(14-17(2)3)15-21(26)24-9-11-25(12-10-24)33(28,29)20-13-18(30-4)7-8-19(20)31-5/h7-8,13,17H,6,9-12,14-16H2,1-5H3. The number of esters is 1. The van der Waals surface area contributed by atoms with Crippen LogP contribution in [0.5, 0.6) is 11.5 Å². The molecule has 33 heavy (non-hydrogen) atoms. The summed E-state index contributed by atoms with van der Waals surface area (Å²) in [5.74, 6) is 0.407. The van der Waals surface area contributed by atoms with Crippen LogP contribution in [0, 0.1) is 5.92 Å². The Hall–Kier alpha value is -2.37. The van der Waals surface area contributed by atoms with Gasteiger partial charge in [-0.05, 0) is 25.0 Å². The molecule has 1 aromatic carbocycles. The number of carbonyl (C=O) groups is 2. The molecular formula is C22H35N3O7S. The van der Waals surface area contributed by atoms with E-state index in [0.29, 0.717) is 12.3 Å². The lowest BCUT2D eigenvalue weighted by atomic mass is 10.2. The van der Waals surface area contributed by atoms with Gasteiger partial charge < -0.3 is 19.1 Å². The number of sulfonamides is 1. The molecule has 0 bridgehead atoms. The highest BCUT2D eigenvalue weighted by Crippen LogP contribution is 2.31. The predicted molar refractivity (Wildman–Crippen MR) is 123 cm³/mol. The Balaban J connectivity index is 2.04. The number of hydrogen-bond acceptors (Lipinski definition) is 8. The van der Waals surface area contributed by atoms with Crippen LogP contribution in [0.4, 0.5) is 0 Å². The molecule has 2 rings (SSSR count). The van der Waals surface area contributed by atoms with Gasteiger partial charge in [-0.1, -0.05) is 13.8 Å². The lowest BCUT2D eigenvalue weighted by Gasteiger charge is -2.35. The maximum atomic E-state index is 13.2. The fraction of sp³-hybridized carbons (Fsp3) is 0.636. The minimum Gasteiger partial charge on any atom is -0.497 e. The molecule has 1 saturated heterocycles. The molecule has 0 radical (unpaired) electrons. The van der Waals surface area contributed by atoms with Crippen molar-refractivity contribution in [2.45, 2.75) is 25.7 Å². The smallest absolute Gasteiger partial charge is 0.320 e. The van der Waals surface area contributed by atoms with Crippen molar-refractivity contribution in [3.05, 3.63) is 18.2 Å². The minimum atomic E-state index is -3.83. The molecule has 0 saturated carbocycles. The number of hydrogen-bond donors (Lipinski definition) is 0. The van der Waals surface area contributed by atoms with Crippen molar-refractivity contribution < 1.29 is 32.2 Å². The molecular weight excluding hydrogens is 450 g/mol. The lowest BCUT2D eigenvalue weighted by molar-refractivity contribution is -0.145. The topological polar surface area (TPSA) is 106 Å². The molecule has 186 valence electrons. The molecule has 1 amide bonds. The Morgan fingerprint density at radius 1 is 1.06 bits per heavy atom. The van der Waals surface area contributed by atoms with Crippen LogP contribution >= 0.6 is 0 Å². The van der Waals surface area contributed by atoms with Gasteiger partial charge in [0.1, 0.15) is 16.4 Å². The van der Waals surface area contributed by atoms with E-state index in [1.165, 1.54) is 24.6 Å². The van der Waals surface area contributed by atoms with E-state index in [-0.39, 0.29) is 74.3 Å². The van der Waals surface area contributed by atoms with Gasteiger partial charge in [0.15, 0.2) is 0 Å². The van der Waals surface area contributed by atoms with E-state index < -0.39 is 10.0 Å². The number of piperazine rings is 1. The van der Waals surface area contributed by atoms with Gasteiger partial charge in [-0.2, -0.15) is 4.31 Å². The van der Waals surface area contributed by atoms with E-state index in [0.717, 1.165) is 0 Å². The Morgan fingerprint density at radius 3 is 2.27 bits per heavy atom. The van der Waals surface area contributed by atoms with Crippen LogP contribution in [-0.4, -0.2) is 101 Å². The summed E-state index contributed by atoms with van der Waals surface area (Å²) in [6.07, 6.45) is 0. The average Bonchev–Trinajstić information content (AvgIpc) is 2.78. The zero-order valence-corrected chi connectivity index (χ0v) is 20.9. The van der Waals surface area contributed by atoms with Gasteiger partial charge in [-0.15, -0.1) is 0 Å². The lowest BCUT2D eigenvalue weighted by Crippen LogP contribution is -2.53. The molecule has 0 N–H and O–H groups in total. The van der Waals surface area contributed by atoms with Crippen LogP contribution in [0.15, 0.2) is 23.1 Å². The number of benzene rings is 1. The summed E-state index contributed by atoms with van der Waals surface area (Å²) in [7, 11) is -0.950. The number of ether oxygens (including phenoxy) is 3. The normalized spacial score (nSPS) is 15.1. The molecule has 0 spiro atoms. The first kappa shape index (κ1) is 26.9. The minimum absolute atomic E-state index is 0.0293. The molecule has 10 nitrogen and oxygen atoms in total. The summed E-state index contributed by atoms with van der Waals surface area (Å²) in [6.45, 7) is 7.61. The summed E-state index contributed by atoms with van der Waals surface area (Å²) < 4.78 is 43.2. The van der Waals surface area contributed by atoms with Crippen LogP contribution in [0.2, 0.25) is 0 Å². The molecule has 1 aromatic rings. The third-order valence-corrected chi connectivity index (χ3v) is 7.14. The van der Waals surface area contributed by atoms with Crippen LogP contribution < -0.4 is 9.47 Å². The number of methoxy groups -OCH3 is 2. The average molecular weight is 486 g/mol. The summed E-state index contributed by atoms with van der Waals surface area (Å²) in [5.41, 5.74) is 0. The summed E-state index contributed by atoms with van der Waals surface area (Å²) in [5, 5.41) is 0. The van der Waals surface area contributed by atoms with Crippen molar-refractivity contribution in [1.82, 2.24) is 14.1 Å². The van der Waals surface area contributed by atoms with Crippen molar-refractivity contribution in [2.75, 3.05) is 66.6 Å². The first-order chi connectivity index (χ1) is 15.6. The quantitative estimate of drug-likeness (QED) is 0.429. The van der Waals surface area contributed by atoms with Gasteiger partial charge in [0.2, 0.25) is 15.9 Å². The second-order valence-corrected chi connectivity index (χ2v) is 10.1. The zero-order valence-electron chi connectivity index (χ0n) is 20.1. The highest BCUT2D eigenvalue weighted by molar-refractivity contribution is 7.89. The fourth-order valence-corrected chi connectivity index (χ4v) is 5.28. The largest absolute Gasteiger partial charge is 0.497 e. The van der Waals surface area contributed by atoms with Crippen LogP contribution in [0.3, 0.4) is 0 Å². The van der Waals surface area contributed by atoms with Gasteiger partial charge >= 0.3 is 5.97 Å². The summed E-state index contributed by atoms with van der Waals surface area (Å²) in [4.78, 5) is 28.2. The van der Waals surface area contributed by atoms with Crippen LogP contribution in [0.25, 0.3) is 0 Å². The molecule has 1 fully saturated rings. The zero-order chi connectivity index (χ0) is 24.6. The highest BCUT2D eigenvalue weighted by Gasteiger charge is 2.33. The number of carbonyl (C=O) groups excluding carboxylic acids is 2. The molecule has 1 aliphatic heterocycles. The predicted octanol–water partition coefficient (Wildman–Crippen LogP) is 1.06. The highest BCUT2D eigenvalue weighted by atomic mass is 32.2. The summed E-state index contributed by atoms with van der Waals surface area (Å²) in [6, 6.07) is 4.62. The van der Waals surface area contributed by atoms with E-state index in [9.17, 15) is 18.0 Å². The summed E-state index contributed by atoms with van der Waals surface area (Å²) >= 11 is 0.